The quantitative estimate of drug-likeness (QED) is 0.758. The highest BCUT2D eigenvalue weighted by Gasteiger charge is 2.26. The molecular formula is C15H24BrNS. The van der Waals surface area contributed by atoms with Crippen molar-refractivity contribution in [1.29, 1.82) is 0 Å². The van der Waals surface area contributed by atoms with Crippen molar-refractivity contribution in [3.63, 3.8) is 0 Å². The number of thiophene rings is 1. The molecule has 0 aliphatic heterocycles. The van der Waals surface area contributed by atoms with E-state index in [1.807, 2.05) is 11.3 Å². The van der Waals surface area contributed by atoms with E-state index in [-0.39, 0.29) is 0 Å². The van der Waals surface area contributed by atoms with E-state index in [1.54, 1.807) is 0 Å². The molecule has 1 aromatic heterocycles. The lowest BCUT2D eigenvalue weighted by atomic mass is 9.83. The molecule has 1 atom stereocenters. The van der Waals surface area contributed by atoms with E-state index in [0.29, 0.717) is 6.04 Å². The zero-order valence-electron chi connectivity index (χ0n) is 11.5. The summed E-state index contributed by atoms with van der Waals surface area (Å²) in [6, 6.07) is 2.92. The largest absolute Gasteiger partial charge is 0.309 e. The summed E-state index contributed by atoms with van der Waals surface area (Å²) in [5.41, 5.74) is 0. The summed E-state index contributed by atoms with van der Waals surface area (Å²) in [4.78, 5) is 2.93. The van der Waals surface area contributed by atoms with E-state index >= 15 is 0 Å². The Labute approximate surface area is 123 Å². The highest BCUT2D eigenvalue weighted by Crippen LogP contribution is 2.39. The third kappa shape index (κ3) is 3.58. The number of hydrogen-bond donors (Lipinski definition) is 1. The van der Waals surface area contributed by atoms with Crippen molar-refractivity contribution < 1.29 is 0 Å². The maximum absolute atomic E-state index is 3.79. The van der Waals surface area contributed by atoms with Gasteiger partial charge in [0, 0.05) is 20.3 Å². The molecule has 0 saturated heterocycles. The molecule has 1 aliphatic carbocycles. The SMILES string of the molecule is CCCNC(c1cc(Br)c(C)s1)C1CCCCC1. The van der Waals surface area contributed by atoms with Crippen LogP contribution in [0, 0.1) is 12.8 Å². The van der Waals surface area contributed by atoms with Crippen molar-refractivity contribution in [1.82, 2.24) is 5.32 Å². The highest BCUT2D eigenvalue weighted by atomic mass is 79.9. The van der Waals surface area contributed by atoms with Gasteiger partial charge in [0.2, 0.25) is 0 Å². The Kier molecular flexibility index (Phi) is 5.71. The molecule has 1 N–H and O–H groups in total. The second kappa shape index (κ2) is 7.06. The van der Waals surface area contributed by atoms with Gasteiger partial charge in [-0.3, -0.25) is 0 Å². The number of halogens is 1. The molecule has 0 bridgehead atoms. The second-order valence-electron chi connectivity index (χ2n) is 5.38. The van der Waals surface area contributed by atoms with Crippen molar-refractivity contribution in [2.45, 2.75) is 58.4 Å². The molecule has 1 saturated carbocycles. The van der Waals surface area contributed by atoms with E-state index in [2.05, 4.69) is 41.2 Å². The molecule has 0 radical (unpaired) electrons. The van der Waals surface area contributed by atoms with Crippen LogP contribution in [0.3, 0.4) is 0 Å². The molecule has 1 fully saturated rings. The van der Waals surface area contributed by atoms with Gasteiger partial charge in [0.15, 0.2) is 0 Å². The third-order valence-electron chi connectivity index (χ3n) is 3.92. The lowest BCUT2D eigenvalue weighted by Crippen LogP contribution is -2.29. The standard InChI is InChI=1S/C15H24BrNS/c1-3-9-17-15(12-7-5-4-6-8-12)14-10-13(16)11(2)18-14/h10,12,15,17H,3-9H2,1-2H3. The van der Waals surface area contributed by atoms with Crippen LogP contribution >= 0.6 is 27.3 Å². The van der Waals surface area contributed by atoms with E-state index in [4.69, 9.17) is 0 Å². The van der Waals surface area contributed by atoms with Gasteiger partial charge in [-0.05, 0) is 60.6 Å². The third-order valence-corrected chi connectivity index (χ3v) is 6.14. The summed E-state index contributed by atoms with van der Waals surface area (Å²) in [7, 11) is 0. The molecule has 0 spiro atoms. The van der Waals surface area contributed by atoms with Crippen LogP contribution in [0.15, 0.2) is 10.5 Å². The average molecular weight is 330 g/mol. The Morgan fingerprint density at radius 2 is 2.11 bits per heavy atom. The molecule has 1 aromatic rings. The molecule has 1 aliphatic rings. The fourth-order valence-electron chi connectivity index (χ4n) is 2.90. The molecule has 1 nitrogen and oxygen atoms in total. The number of aryl methyl sites for hydroxylation is 1. The molecule has 18 heavy (non-hydrogen) atoms. The number of nitrogens with one attached hydrogen (secondary N) is 1. The smallest absolute Gasteiger partial charge is 0.0443 e. The zero-order chi connectivity index (χ0) is 13.0. The molecule has 3 heteroatoms. The Morgan fingerprint density at radius 3 is 2.67 bits per heavy atom. The van der Waals surface area contributed by atoms with Crippen LogP contribution < -0.4 is 5.32 Å². The summed E-state index contributed by atoms with van der Waals surface area (Å²) < 4.78 is 1.28. The van der Waals surface area contributed by atoms with E-state index in [9.17, 15) is 0 Å². The summed E-state index contributed by atoms with van der Waals surface area (Å²) in [5, 5.41) is 3.79. The minimum absolute atomic E-state index is 0.584. The van der Waals surface area contributed by atoms with Gasteiger partial charge in [-0.2, -0.15) is 0 Å². The Morgan fingerprint density at radius 1 is 1.39 bits per heavy atom. The monoisotopic (exact) mass is 329 g/mol. The topological polar surface area (TPSA) is 12.0 Å². The fraction of sp³-hybridized carbons (Fsp3) is 0.733. The second-order valence-corrected chi connectivity index (χ2v) is 7.53. The van der Waals surface area contributed by atoms with Gasteiger partial charge in [-0.25, -0.2) is 0 Å². The predicted molar refractivity (Wildman–Crippen MR) is 84.4 cm³/mol. The Bertz CT molecular complexity index is 349. The molecule has 102 valence electrons. The van der Waals surface area contributed by atoms with Gasteiger partial charge in [0.25, 0.3) is 0 Å². The molecule has 0 aromatic carbocycles. The van der Waals surface area contributed by atoms with Gasteiger partial charge in [-0.15, -0.1) is 11.3 Å². The summed E-state index contributed by atoms with van der Waals surface area (Å²) in [6.07, 6.45) is 8.28. The molecule has 2 rings (SSSR count). The first-order valence-electron chi connectivity index (χ1n) is 7.21. The van der Waals surface area contributed by atoms with Crippen molar-refractivity contribution in [2.24, 2.45) is 5.92 Å². The van der Waals surface area contributed by atoms with E-state index < -0.39 is 0 Å². The van der Waals surface area contributed by atoms with Crippen LogP contribution in [0.4, 0.5) is 0 Å². The first kappa shape index (κ1) is 14.5. The highest BCUT2D eigenvalue weighted by molar-refractivity contribution is 9.10. The normalized spacial score (nSPS) is 19.1. The van der Waals surface area contributed by atoms with Crippen molar-refractivity contribution in [2.75, 3.05) is 6.54 Å². The maximum atomic E-state index is 3.79. The summed E-state index contributed by atoms with van der Waals surface area (Å²) >= 11 is 5.62. The summed E-state index contributed by atoms with van der Waals surface area (Å²) in [5.74, 6) is 0.843. The Balaban J connectivity index is 2.12. The number of hydrogen-bond acceptors (Lipinski definition) is 2. The fourth-order valence-corrected chi connectivity index (χ4v) is 4.63. The first-order valence-corrected chi connectivity index (χ1v) is 8.82. The van der Waals surface area contributed by atoms with Crippen LogP contribution in [-0.4, -0.2) is 6.54 Å². The average Bonchev–Trinajstić information content (AvgIpc) is 2.71. The van der Waals surface area contributed by atoms with Crippen molar-refractivity contribution in [3.8, 4) is 0 Å². The van der Waals surface area contributed by atoms with Crippen molar-refractivity contribution in [3.05, 3.63) is 20.3 Å². The van der Waals surface area contributed by atoms with Gasteiger partial charge in [-0.1, -0.05) is 26.2 Å². The lowest BCUT2D eigenvalue weighted by molar-refractivity contribution is 0.275. The van der Waals surface area contributed by atoms with Gasteiger partial charge in [0.1, 0.15) is 0 Å². The van der Waals surface area contributed by atoms with Gasteiger partial charge in [0.05, 0.1) is 0 Å². The predicted octanol–water partition coefficient (Wildman–Crippen LogP) is 5.44. The van der Waals surface area contributed by atoms with Crippen molar-refractivity contribution >= 4 is 27.3 Å². The maximum Gasteiger partial charge on any atom is 0.0443 e. The minimum Gasteiger partial charge on any atom is -0.309 e. The van der Waals surface area contributed by atoms with E-state index in [0.717, 1.165) is 12.5 Å². The zero-order valence-corrected chi connectivity index (χ0v) is 13.9. The molecular weight excluding hydrogens is 306 g/mol. The van der Waals surface area contributed by atoms with Crippen LogP contribution in [-0.2, 0) is 0 Å². The van der Waals surface area contributed by atoms with E-state index in [1.165, 1.54) is 52.8 Å². The molecule has 1 unspecified atom stereocenters. The summed E-state index contributed by atoms with van der Waals surface area (Å²) in [6.45, 7) is 5.59. The molecule has 1 heterocycles. The Hall–Kier alpha value is 0.140. The van der Waals surface area contributed by atoms with Crippen LogP contribution in [0.5, 0.6) is 0 Å². The van der Waals surface area contributed by atoms with Crippen LogP contribution in [0.1, 0.15) is 61.2 Å². The van der Waals surface area contributed by atoms with Gasteiger partial charge < -0.3 is 5.32 Å². The van der Waals surface area contributed by atoms with Crippen LogP contribution in [0.25, 0.3) is 0 Å². The minimum atomic E-state index is 0.584. The van der Waals surface area contributed by atoms with Gasteiger partial charge >= 0.3 is 0 Å². The van der Waals surface area contributed by atoms with Crippen LogP contribution in [0.2, 0.25) is 0 Å². The molecule has 0 amide bonds. The first-order chi connectivity index (χ1) is 8.72. The lowest BCUT2D eigenvalue weighted by Gasteiger charge is -2.30. The number of rotatable bonds is 5.